The second-order valence-electron chi connectivity index (χ2n) is 37.8. The smallest absolute Gasteiger partial charge is 0.306 e. The molecule has 0 aliphatic heterocycles. The summed E-state index contributed by atoms with van der Waals surface area (Å²) in [4.78, 5) is 86.6. The maximum absolute atomic E-state index is 14.4. The van der Waals surface area contributed by atoms with Crippen LogP contribution in [0.4, 0.5) is 0 Å². The third-order valence-corrected chi connectivity index (χ3v) is 20.8. The van der Waals surface area contributed by atoms with Crippen LogP contribution in [0.25, 0.3) is 0 Å². The SMILES string of the molecule is Cc1cc(CCC(=O)OCC(COCC(COC(=O)CCc2cc(C)c(O)c(C(C)(C)C)c2)(COC(=O)CCc2cc(C)c(O)c(C(C)(C)C)c2)COC(=O)CCc2cc(C)c(O)c(C(C)(C)C)c2)(COC(=O)CCc2cc(C)c(O)c(C(C)(C)C)c2)COC(=O)CCc2cc(C)c(O)c(C(C)(C)C)c2)cc(C(C)(C)C)c1O. The van der Waals surface area contributed by atoms with Crippen molar-refractivity contribution in [1.29, 1.82) is 0 Å². The third-order valence-electron chi connectivity index (χ3n) is 20.8. The topological polar surface area (TPSA) is 288 Å². The van der Waals surface area contributed by atoms with Crippen molar-refractivity contribution >= 4 is 35.8 Å². The fourth-order valence-corrected chi connectivity index (χ4v) is 13.7. The standard InChI is InChI=1S/C94H130O19/c1-57-37-63(43-69(81(57)101)87(7,8)9)25-31-75(95)108-51-93(52-109-76(96)32-26-64-38-58(2)82(102)70(44-64)88(10,11)12,53-110-77(97)33-27-65-39-59(3)83(103)71(45-65)89(13,14)15)49-107-50-94(54-111-78(98)34-28-66-40-60(4)84(104)72(46-66)90(16,17)18,55-112-79(99)35-29-67-41-61(5)85(105)73(47-67)91(19,20)21)56-113-80(100)36-30-68-42-62(6)86(106)74(48-68)92(22,23)24/h37-48,101-106H,25-36,49-56H2,1-24H3. The molecule has 0 heterocycles. The van der Waals surface area contributed by atoms with Crippen molar-refractivity contribution in [2.24, 2.45) is 10.8 Å². The molecule has 620 valence electrons. The lowest BCUT2D eigenvalue weighted by Gasteiger charge is -2.35. The van der Waals surface area contributed by atoms with Gasteiger partial charge in [-0.05, 0) is 213 Å². The molecule has 0 spiro atoms. The largest absolute Gasteiger partial charge is 0.507 e. The highest BCUT2D eigenvalue weighted by molar-refractivity contribution is 5.73. The van der Waals surface area contributed by atoms with Gasteiger partial charge >= 0.3 is 35.8 Å². The van der Waals surface area contributed by atoms with Gasteiger partial charge in [0.25, 0.3) is 0 Å². The first-order valence-electron chi connectivity index (χ1n) is 39.6. The van der Waals surface area contributed by atoms with Gasteiger partial charge in [-0.1, -0.05) is 197 Å². The van der Waals surface area contributed by atoms with E-state index in [1.54, 1.807) is 77.9 Å². The lowest BCUT2D eigenvalue weighted by molar-refractivity contribution is -0.175. The van der Waals surface area contributed by atoms with Crippen molar-refractivity contribution in [3.8, 4) is 34.5 Å². The average molecular weight is 1560 g/mol. The molecule has 0 saturated heterocycles. The van der Waals surface area contributed by atoms with E-state index >= 15 is 0 Å². The van der Waals surface area contributed by atoms with E-state index in [0.717, 1.165) is 33.4 Å². The first-order chi connectivity index (χ1) is 52.1. The second-order valence-corrected chi connectivity index (χ2v) is 37.8. The molecule has 0 atom stereocenters. The number of esters is 6. The number of carbonyl (C=O) groups is 6. The quantitative estimate of drug-likeness (QED) is 0.0162. The van der Waals surface area contributed by atoms with E-state index in [0.29, 0.717) is 66.8 Å². The molecule has 0 aromatic heterocycles. The average Bonchev–Trinajstić information content (AvgIpc) is 0.834. The first-order valence-corrected chi connectivity index (χ1v) is 39.6. The van der Waals surface area contributed by atoms with Gasteiger partial charge in [0.1, 0.15) is 74.1 Å². The molecule has 6 aromatic rings. The highest BCUT2D eigenvalue weighted by atomic mass is 16.6. The van der Waals surface area contributed by atoms with E-state index in [1.807, 2.05) is 161 Å². The summed E-state index contributed by atoms with van der Waals surface area (Å²) in [5, 5.41) is 66.7. The van der Waals surface area contributed by atoms with Crippen LogP contribution < -0.4 is 0 Å². The monoisotopic (exact) mass is 1560 g/mol. The molecule has 6 aromatic carbocycles. The molecule has 6 rings (SSSR count). The molecule has 0 fully saturated rings. The van der Waals surface area contributed by atoms with E-state index < -0.39 is 132 Å². The number of phenolic OH excluding ortho intramolecular Hbond substituents is 6. The fraction of sp³-hybridized carbons (Fsp3) is 0.553. The molecule has 0 aliphatic rings. The van der Waals surface area contributed by atoms with Gasteiger partial charge in [0, 0.05) is 38.5 Å². The predicted octanol–water partition coefficient (Wildman–Crippen LogP) is 17.9. The number of aromatic hydroxyl groups is 6. The van der Waals surface area contributed by atoms with Gasteiger partial charge < -0.3 is 63.8 Å². The zero-order valence-corrected chi connectivity index (χ0v) is 72.1. The minimum Gasteiger partial charge on any atom is -0.507 e. The Kier molecular flexibility index (Phi) is 31.1. The van der Waals surface area contributed by atoms with Gasteiger partial charge in [0.2, 0.25) is 0 Å². The van der Waals surface area contributed by atoms with Gasteiger partial charge in [-0.15, -0.1) is 0 Å². The van der Waals surface area contributed by atoms with E-state index in [1.165, 1.54) is 0 Å². The van der Waals surface area contributed by atoms with E-state index in [2.05, 4.69) is 0 Å². The number of ether oxygens (including phenoxy) is 7. The minimum atomic E-state index is -1.75. The number of benzene rings is 6. The summed E-state index contributed by atoms with van der Waals surface area (Å²) in [5.74, 6) is -3.20. The molecule has 0 aliphatic carbocycles. The first kappa shape index (κ1) is 92.8. The Labute approximate surface area is 671 Å². The maximum atomic E-state index is 14.4. The molecule has 19 nitrogen and oxygen atoms in total. The molecule has 0 unspecified atom stereocenters. The molecule has 0 bridgehead atoms. The second kappa shape index (κ2) is 37.9. The van der Waals surface area contributed by atoms with Crippen molar-refractivity contribution < 1.29 is 92.6 Å². The number of hydrogen-bond donors (Lipinski definition) is 6. The van der Waals surface area contributed by atoms with Crippen molar-refractivity contribution in [2.45, 2.75) is 276 Å². The number of hydrogen-bond acceptors (Lipinski definition) is 19. The van der Waals surface area contributed by atoms with Crippen molar-refractivity contribution in [3.63, 3.8) is 0 Å². The van der Waals surface area contributed by atoms with Crippen LogP contribution in [0.1, 0.15) is 263 Å². The summed E-state index contributed by atoms with van der Waals surface area (Å²) >= 11 is 0. The molecular weight excluding hydrogens is 1430 g/mol. The van der Waals surface area contributed by atoms with Gasteiger partial charge in [-0.25, -0.2) is 0 Å². The normalized spacial score (nSPS) is 12.5. The van der Waals surface area contributed by atoms with E-state index in [4.69, 9.17) is 33.2 Å². The van der Waals surface area contributed by atoms with Crippen LogP contribution in [0.5, 0.6) is 34.5 Å². The van der Waals surface area contributed by atoms with E-state index in [9.17, 15) is 59.4 Å². The van der Waals surface area contributed by atoms with Crippen LogP contribution in [0.3, 0.4) is 0 Å². The number of carbonyl (C=O) groups excluding carboxylic acids is 6. The van der Waals surface area contributed by atoms with E-state index in [-0.39, 0.29) is 112 Å². The Morgan fingerprint density at radius 1 is 0.230 bits per heavy atom. The van der Waals surface area contributed by atoms with Crippen LogP contribution >= 0.6 is 0 Å². The number of aryl methyl sites for hydroxylation is 12. The molecule has 6 N–H and O–H groups in total. The maximum Gasteiger partial charge on any atom is 0.306 e. The fourth-order valence-electron chi connectivity index (χ4n) is 13.7. The highest BCUT2D eigenvalue weighted by Crippen LogP contribution is 2.41. The van der Waals surface area contributed by atoms with Crippen LogP contribution in [-0.4, -0.2) is 119 Å². The summed E-state index contributed by atoms with van der Waals surface area (Å²) in [5.41, 5.74) is 6.29. The molecule has 0 saturated carbocycles. The molecule has 0 amide bonds. The Morgan fingerprint density at radius 2 is 0.363 bits per heavy atom. The van der Waals surface area contributed by atoms with Gasteiger partial charge in [-0.2, -0.15) is 0 Å². The Balaban J connectivity index is 1.47. The minimum absolute atomic E-state index is 0.151. The van der Waals surface area contributed by atoms with Crippen LogP contribution in [0, 0.1) is 52.4 Å². The van der Waals surface area contributed by atoms with Gasteiger partial charge in [0.05, 0.1) is 24.0 Å². The van der Waals surface area contributed by atoms with Crippen LogP contribution in [-0.2, 0) is 133 Å². The summed E-state index contributed by atoms with van der Waals surface area (Å²) in [6.07, 6.45) is 0.257. The molecule has 113 heavy (non-hydrogen) atoms. The van der Waals surface area contributed by atoms with Crippen molar-refractivity contribution in [1.82, 2.24) is 0 Å². The third kappa shape index (κ3) is 27.0. The van der Waals surface area contributed by atoms with Gasteiger partial charge in [0.15, 0.2) is 0 Å². The molecule has 0 radical (unpaired) electrons. The lowest BCUT2D eigenvalue weighted by atomic mass is 9.83. The van der Waals surface area contributed by atoms with Crippen LogP contribution in [0.2, 0.25) is 0 Å². The summed E-state index contributed by atoms with van der Waals surface area (Å²) < 4.78 is 44.2. The summed E-state index contributed by atoms with van der Waals surface area (Å²) in [6.45, 7) is 41.7. The molecular formula is C94H130O19. The Bertz CT molecular complexity index is 3670. The van der Waals surface area contributed by atoms with Crippen LogP contribution in [0.15, 0.2) is 72.8 Å². The summed E-state index contributed by atoms with van der Waals surface area (Å²) in [6, 6.07) is 22.0. The predicted molar refractivity (Wildman–Crippen MR) is 441 cm³/mol. The lowest BCUT2D eigenvalue weighted by Crippen LogP contribution is -2.47. The molecule has 19 heteroatoms. The Morgan fingerprint density at radius 3 is 0.487 bits per heavy atom. The summed E-state index contributed by atoms with van der Waals surface area (Å²) in [7, 11) is 0. The zero-order valence-electron chi connectivity index (χ0n) is 72.1. The van der Waals surface area contributed by atoms with Crippen molar-refractivity contribution in [2.75, 3.05) is 52.9 Å². The number of phenols is 6. The zero-order chi connectivity index (χ0) is 84.9. The van der Waals surface area contributed by atoms with Crippen molar-refractivity contribution in [3.05, 3.63) is 173 Å². The highest BCUT2D eigenvalue weighted by Gasteiger charge is 2.42. The number of rotatable bonds is 34. The van der Waals surface area contributed by atoms with Gasteiger partial charge in [-0.3, -0.25) is 28.8 Å². The Hall–Kier alpha value is -9.10.